The summed E-state index contributed by atoms with van der Waals surface area (Å²) in [4.78, 5) is 16.3. The van der Waals surface area contributed by atoms with Gasteiger partial charge in [0, 0.05) is 53.3 Å². The molecule has 4 rings (SSSR count). The van der Waals surface area contributed by atoms with Gasteiger partial charge in [-0.25, -0.2) is 4.79 Å². The van der Waals surface area contributed by atoms with E-state index in [1.807, 2.05) is 13.0 Å². The summed E-state index contributed by atoms with van der Waals surface area (Å²) in [6, 6.07) is 11.5. The van der Waals surface area contributed by atoms with Crippen LogP contribution in [0.3, 0.4) is 0 Å². The van der Waals surface area contributed by atoms with Gasteiger partial charge in [-0.1, -0.05) is 82.1 Å². The number of rotatable bonds is 16. The number of ether oxygens (including phenoxy) is 2. The third-order valence-corrected chi connectivity index (χ3v) is 11.5. The lowest BCUT2D eigenvalue weighted by atomic mass is 9.84. The van der Waals surface area contributed by atoms with Gasteiger partial charge < -0.3 is 29.7 Å². The molecular weight excluding hydrogens is 591 g/mol. The highest BCUT2D eigenvalue weighted by molar-refractivity contribution is 6.99. The van der Waals surface area contributed by atoms with Crippen molar-refractivity contribution >= 4 is 37.5 Å². The second kappa shape index (κ2) is 16.9. The average Bonchev–Trinajstić information content (AvgIpc) is 3.48. The Balaban J connectivity index is 1.50. The fourth-order valence-electron chi connectivity index (χ4n) is 6.59. The summed E-state index contributed by atoms with van der Waals surface area (Å²) in [5, 5.41) is 13.9. The zero-order valence-corrected chi connectivity index (χ0v) is 29.4. The first kappa shape index (κ1) is 34.7. The van der Waals surface area contributed by atoms with Crippen molar-refractivity contribution in [3.05, 3.63) is 35.9 Å². The molecule has 0 spiro atoms. The molecule has 0 bridgehead atoms. The van der Waals surface area contributed by atoms with E-state index in [9.17, 15) is 9.90 Å². The molecule has 2 heterocycles. The van der Waals surface area contributed by atoms with Gasteiger partial charge in [0.2, 0.25) is 0 Å². The van der Waals surface area contributed by atoms with Gasteiger partial charge in [-0.05, 0) is 43.7 Å². The minimum absolute atomic E-state index is 0.00463. The molecule has 44 heavy (non-hydrogen) atoms. The molecular formula is C33H55N5O4SSi. The smallest absolute Gasteiger partial charge is 0.407 e. The van der Waals surface area contributed by atoms with Crippen LogP contribution < -0.4 is 10.2 Å². The van der Waals surface area contributed by atoms with Gasteiger partial charge >= 0.3 is 6.09 Å². The zero-order chi connectivity index (χ0) is 31.5. The van der Waals surface area contributed by atoms with Gasteiger partial charge in [-0.2, -0.15) is 8.75 Å². The maximum Gasteiger partial charge on any atom is 0.407 e. The van der Waals surface area contributed by atoms with Crippen molar-refractivity contribution < 1.29 is 19.4 Å². The molecule has 1 aromatic carbocycles. The molecule has 11 heteroatoms. The first-order valence-electron chi connectivity index (χ1n) is 16.6. The molecule has 3 unspecified atom stereocenters. The molecule has 2 N–H and O–H groups in total. The second-order valence-electron chi connectivity index (χ2n) is 14.1. The summed E-state index contributed by atoms with van der Waals surface area (Å²) in [5.41, 5.74) is 1.19. The van der Waals surface area contributed by atoms with Crippen molar-refractivity contribution in [1.82, 2.24) is 13.6 Å². The number of methoxy groups -OCH3 is 1. The van der Waals surface area contributed by atoms with Crippen LogP contribution in [-0.2, 0) is 9.47 Å². The molecule has 1 saturated carbocycles. The molecule has 1 saturated heterocycles. The third-order valence-electron chi connectivity index (χ3n) is 9.22. The Morgan fingerprint density at radius 2 is 1.89 bits per heavy atom. The summed E-state index contributed by atoms with van der Waals surface area (Å²) in [5.74, 6) is 2.58. The number of carbonyl (C=O) groups is 1. The van der Waals surface area contributed by atoms with Crippen LogP contribution in [0.5, 0.6) is 0 Å². The molecule has 9 nitrogen and oxygen atoms in total. The van der Waals surface area contributed by atoms with Gasteiger partial charge in [-0.15, -0.1) is 0 Å². The summed E-state index contributed by atoms with van der Waals surface area (Å²) >= 11 is 1.23. The quantitative estimate of drug-likeness (QED) is 0.180. The van der Waals surface area contributed by atoms with Crippen molar-refractivity contribution in [2.24, 2.45) is 11.8 Å². The maximum absolute atomic E-state index is 12.4. The summed E-state index contributed by atoms with van der Waals surface area (Å²) < 4.78 is 21.5. The molecule has 2 aromatic rings. The standard InChI is InChI=1S/C33H55N5O4SSi/c1-25(41-2)24-42-30(27-15-10-7-11-16-27)28-17-12-18-37(22-28)32-31(35-43-36-32)34-29(21-26-13-8-6-9-14-26)23-38(33(39)40)19-20-44(3,4)5/h7,10-11,15-16,25-26,28-30H,6,8-9,12-14,17-24H2,1-5H3,(H,34,35)(H,39,40)/t25?,28?,29-,30?/m0/s1. The maximum atomic E-state index is 12.4. The fourth-order valence-corrected chi connectivity index (χ4v) is 8.06. The Hall–Kier alpha value is -2.21. The Labute approximate surface area is 270 Å². The Morgan fingerprint density at radius 3 is 2.57 bits per heavy atom. The van der Waals surface area contributed by atoms with Crippen molar-refractivity contribution in [1.29, 1.82) is 0 Å². The van der Waals surface area contributed by atoms with E-state index >= 15 is 0 Å². The van der Waals surface area contributed by atoms with E-state index in [1.165, 1.54) is 49.4 Å². The average molecular weight is 646 g/mol. The minimum Gasteiger partial charge on any atom is -0.465 e. The normalized spacial score (nSPS) is 20.2. The molecule has 1 aliphatic heterocycles. The number of nitrogens with one attached hydrogen (secondary N) is 1. The predicted octanol–water partition coefficient (Wildman–Crippen LogP) is 7.62. The van der Waals surface area contributed by atoms with Crippen LogP contribution in [0.1, 0.15) is 70.0 Å². The molecule has 2 aliphatic rings. The number of nitrogens with zero attached hydrogens (tertiary/aromatic N) is 4. The summed E-state index contributed by atoms with van der Waals surface area (Å²) in [6.45, 7) is 12.3. The van der Waals surface area contributed by atoms with Crippen LogP contribution in [0.2, 0.25) is 25.7 Å². The van der Waals surface area contributed by atoms with Gasteiger partial charge in [-0.3, -0.25) is 0 Å². The fraction of sp³-hybridized carbons (Fsp3) is 0.727. The monoisotopic (exact) mass is 645 g/mol. The molecule has 0 radical (unpaired) electrons. The SMILES string of the molecule is COC(C)COC(c1ccccc1)C1CCCN(c2nsnc2N[C@@H](CC2CCCCC2)CN(CC[Si](C)(C)C)C(=O)O)C1. The number of hydrogen-bond acceptors (Lipinski definition) is 8. The van der Waals surface area contributed by atoms with E-state index < -0.39 is 14.2 Å². The van der Waals surface area contributed by atoms with Crippen molar-refractivity contribution in [2.75, 3.05) is 50.1 Å². The molecule has 1 amide bonds. The zero-order valence-electron chi connectivity index (χ0n) is 27.5. The highest BCUT2D eigenvalue weighted by Gasteiger charge is 2.33. The van der Waals surface area contributed by atoms with Gasteiger partial charge in [0.1, 0.15) is 0 Å². The molecule has 1 aliphatic carbocycles. The van der Waals surface area contributed by atoms with Gasteiger partial charge in [0.15, 0.2) is 11.6 Å². The summed E-state index contributed by atoms with van der Waals surface area (Å²) in [6.07, 6.45) is 8.52. The lowest BCUT2D eigenvalue weighted by molar-refractivity contribution is -0.0461. The number of piperidine rings is 1. The van der Waals surface area contributed by atoms with Crippen LogP contribution >= 0.6 is 11.7 Å². The molecule has 246 valence electrons. The number of hydrogen-bond donors (Lipinski definition) is 2. The van der Waals surface area contributed by atoms with Crippen LogP contribution in [0, 0.1) is 11.8 Å². The van der Waals surface area contributed by atoms with Gasteiger partial charge in [0.05, 0.1) is 30.5 Å². The molecule has 1 aromatic heterocycles. The second-order valence-corrected chi connectivity index (χ2v) is 20.3. The molecule has 2 fully saturated rings. The number of anilines is 2. The van der Waals surface area contributed by atoms with E-state index in [0.717, 1.165) is 50.0 Å². The number of aromatic nitrogens is 2. The number of benzene rings is 1. The number of carboxylic acid groups (broad SMARTS) is 1. The minimum atomic E-state index is -1.38. The molecule has 4 atom stereocenters. The highest BCUT2D eigenvalue weighted by atomic mass is 32.1. The van der Waals surface area contributed by atoms with E-state index in [2.05, 4.69) is 54.1 Å². The number of amides is 1. The van der Waals surface area contributed by atoms with E-state index in [4.69, 9.17) is 18.2 Å². The first-order valence-corrected chi connectivity index (χ1v) is 21.1. The Kier molecular flexibility index (Phi) is 13.3. The largest absolute Gasteiger partial charge is 0.465 e. The van der Waals surface area contributed by atoms with Crippen LogP contribution in [-0.4, -0.2) is 85.0 Å². The van der Waals surface area contributed by atoms with Crippen LogP contribution in [0.25, 0.3) is 0 Å². The van der Waals surface area contributed by atoms with E-state index in [0.29, 0.717) is 31.5 Å². The van der Waals surface area contributed by atoms with E-state index in [1.54, 1.807) is 12.0 Å². The summed E-state index contributed by atoms with van der Waals surface area (Å²) in [7, 11) is 0.344. The van der Waals surface area contributed by atoms with Crippen LogP contribution in [0.15, 0.2) is 30.3 Å². The van der Waals surface area contributed by atoms with Crippen molar-refractivity contribution in [2.45, 2.75) is 102 Å². The highest BCUT2D eigenvalue weighted by Crippen LogP contribution is 2.37. The third kappa shape index (κ3) is 10.7. The van der Waals surface area contributed by atoms with E-state index in [-0.39, 0.29) is 18.2 Å². The van der Waals surface area contributed by atoms with Crippen molar-refractivity contribution in [3.63, 3.8) is 0 Å². The first-order chi connectivity index (χ1) is 21.1. The topological polar surface area (TPSA) is 100 Å². The predicted molar refractivity (Wildman–Crippen MR) is 183 cm³/mol. The lowest BCUT2D eigenvalue weighted by Crippen LogP contribution is -2.43. The Morgan fingerprint density at radius 1 is 1.14 bits per heavy atom. The van der Waals surface area contributed by atoms with Crippen LogP contribution in [0.4, 0.5) is 16.4 Å². The Bertz CT molecular complexity index is 1130. The van der Waals surface area contributed by atoms with Crippen molar-refractivity contribution in [3.8, 4) is 0 Å². The van der Waals surface area contributed by atoms with Gasteiger partial charge in [0.25, 0.3) is 0 Å². The lowest BCUT2D eigenvalue weighted by Gasteiger charge is -2.38.